The van der Waals surface area contributed by atoms with Crippen LogP contribution in [-0.4, -0.2) is 28.1 Å². The number of hydrogen-bond acceptors (Lipinski definition) is 5. The molecule has 0 spiro atoms. The molecular formula is C20H26F2N4O2S. The third kappa shape index (κ3) is 7.16. The highest BCUT2D eigenvalue weighted by molar-refractivity contribution is 7.15. The lowest BCUT2D eigenvalue weighted by molar-refractivity contribution is -0.126. The third-order valence-corrected chi connectivity index (χ3v) is 5.40. The van der Waals surface area contributed by atoms with Gasteiger partial charge in [0.2, 0.25) is 16.9 Å². The number of carbonyl (C=O) groups is 2. The highest BCUT2D eigenvalue weighted by Crippen LogP contribution is 2.26. The van der Waals surface area contributed by atoms with Gasteiger partial charge in [-0.3, -0.25) is 14.9 Å². The van der Waals surface area contributed by atoms with Gasteiger partial charge in [-0.05, 0) is 30.5 Å². The maximum absolute atomic E-state index is 13.3. The Bertz CT molecular complexity index is 823. The molecule has 2 N–H and O–H groups in total. The number of aromatic nitrogens is 2. The lowest BCUT2D eigenvalue weighted by Gasteiger charge is -2.17. The number of carbonyl (C=O) groups excluding carboxylic acids is 2. The van der Waals surface area contributed by atoms with E-state index in [2.05, 4.69) is 34.7 Å². The molecule has 29 heavy (non-hydrogen) atoms. The predicted molar refractivity (Wildman–Crippen MR) is 109 cm³/mol. The van der Waals surface area contributed by atoms with Crippen LogP contribution in [-0.2, 0) is 16.0 Å². The Balaban J connectivity index is 1.98. The van der Waals surface area contributed by atoms with Crippen molar-refractivity contribution in [3.8, 4) is 0 Å². The molecule has 2 unspecified atom stereocenters. The molecule has 0 aliphatic carbocycles. The summed E-state index contributed by atoms with van der Waals surface area (Å²) in [7, 11) is 0. The summed E-state index contributed by atoms with van der Waals surface area (Å²) in [5.41, 5.74) is 0.203. The van der Waals surface area contributed by atoms with Crippen molar-refractivity contribution in [2.75, 3.05) is 5.32 Å². The summed E-state index contributed by atoms with van der Waals surface area (Å²) >= 11 is 1.32. The fraction of sp³-hybridized carbons (Fsp3) is 0.500. The normalized spacial score (nSPS) is 13.0. The monoisotopic (exact) mass is 424 g/mol. The van der Waals surface area contributed by atoms with Crippen LogP contribution in [0.1, 0.15) is 62.9 Å². The minimum Gasteiger partial charge on any atom is -0.344 e. The first kappa shape index (κ1) is 22.9. The summed E-state index contributed by atoms with van der Waals surface area (Å²) < 4.78 is 26.6. The maximum atomic E-state index is 13.3. The lowest BCUT2D eigenvalue weighted by Crippen LogP contribution is -2.44. The van der Waals surface area contributed by atoms with Crippen molar-refractivity contribution in [2.45, 2.75) is 64.8 Å². The first-order valence-corrected chi connectivity index (χ1v) is 10.5. The molecule has 0 bridgehead atoms. The lowest BCUT2D eigenvalue weighted by atomic mass is 10.1. The third-order valence-electron chi connectivity index (χ3n) is 4.33. The van der Waals surface area contributed by atoms with Crippen molar-refractivity contribution in [1.29, 1.82) is 0 Å². The molecule has 158 valence electrons. The van der Waals surface area contributed by atoms with Gasteiger partial charge in [0, 0.05) is 12.0 Å². The predicted octanol–water partition coefficient (Wildman–Crippen LogP) is 4.19. The highest BCUT2D eigenvalue weighted by atomic mass is 32.1. The van der Waals surface area contributed by atoms with Crippen molar-refractivity contribution >= 4 is 28.3 Å². The molecule has 9 heteroatoms. The van der Waals surface area contributed by atoms with Gasteiger partial charge < -0.3 is 5.32 Å². The quantitative estimate of drug-likeness (QED) is 0.599. The van der Waals surface area contributed by atoms with E-state index >= 15 is 0 Å². The van der Waals surface area contributed by atoms with E-state index in [9.17, 15) is 18.4 Å². The van der Waals surface area contributed by atoms with Crippen molar-refractivity contribution in [1.82, 2.24) is 15.5 Å². The Morgan fingerprint density at radius 3 is 2.34 bits per heavy atom. The molecule has 0 fully saturated rings. The van der Waals surface area contributed by atoms with Crippen LogP contribution in [0.25, 0.3) is 0 Å². The Morgan fingerprint density at radius 1 is 1.07 bits per heavy atom. The SMILES string of the molecule is CCCC(NC(=O)Cc1cc(F)cc(F)c1)C(=O)Nc1nnc(C(C)CCC)s1. The summed E-state index contributed by atoms with van der Waals surface area (Å²) in [4.78, 5) is 24.9. The zero-order valence-corrected chi connectivity index (χ0v) is 17.6. The van der Waals surface area contributed by atoms with Crippen molar-refractivity contribution in [3.05, 3.63) is 40.4 Å². The largest absolute Gasteiger partial charge is 0.344 e. The van der Waals surface area contributed by atoms with E-state index in [-0.39, 0.29) is 17.9 Å². The van der Waals surface area contributed by atoms with E-state index in [1.807, 2.05) is 6.92 Å². The van der Waals surface area contributed by atoms with Crippen LogP contribution in [0.2, 0.25) is 0 Å². The smallest absolute Gasteiger partial charge is 0.248 e. The van der Waals surface area contributed by atoms with Crippen LogP contribution in [0, 0.1) is 11.6 Å². The molecule has 6 nitrogen and oxygen atoms in total. The van der Waals surface area contributed by atoms with Crippen LogP contribution in [0.3, 0.4) is 0 Å². The Morgan fingerprint density at radius 2 is 1.72 bits per heavy atom. The summed E-state index contributed by atoms with van der Waals surface area (Å²) in [6, 6.07) is 2.16. The van der Waals surface area contributed by atoms with Crippen LogP contribution >= 0.6 is 11.3 Å². The zero-order chi connectivity index (χ0) is 21.4. The standard InChI is InChI=1S/C20H26F2N4O2S/c1-4-6-12(3)19-25-26-20(29-19)24-18(28)16(7-5-2)23-17(27)10-13-8-14(21)11-15(22)9-13/h8-9,11-12,16H,4-7,10H2,1-3H3,(H,23,27)(H,24,26,28). The van der Waals surface area contributed by atoms with Gasteiger partial charge in [-0.25, -0.2) is 8.78 Å². The Hall–Kier alpha value is -2.42. The van der Waals surface area contributed by atoms with Gasteiger partial charge in [0.1, 0.15) is 22.7 Å². The second-order valence-electron chi connectivity index (χ2n) is 6.99. The van der Waals surface area contributed by atoms with Gasteiger partial charge in [-0.1, -0.05) is 44.9 Å². The number of nitrogens with one attached hydrogen (secondary N) is 2. The van der Waals surface area contributed by atoms with E-state index < -0.39 is 29.5 Å². The van der Waals surface area contributed by atoms with Gasteiger partial charge >= 0.3 is 0 Å². The Labute approximate surface area is 173 Å². The van der Waals surface area contributed by atoms with Crippen molar-refractivity contribution < 1.29 is 18.4 Å². The molecule has 1 aromatic heterocycles. The molecule has 0 saturated heterocycles. The summed E-state index contributed by atoms with van der Waals surface area (Å²) in [5.74, 6) is -2.12. The zero-order valence-electron chi connectivity index (χ0n) is 16.8. The second kappa shape index (κ2) is 10.9. The van der Waals surface area contributed by atoms with Crippen molar-refractivity contribution in [3.63, 3.8) is 0 Å². The first-order valence-electron chi connectivity index (χ1n) is 9.70. The summed E-state index contributed by atoms with van der Waals surface area (Å²) in [5, 5.41) is 14.7. The molecule has 2 rings (SSSR count). The number of rotatable bonds is 10. The Kier molecular flexibility index (Phi) is 8.63. The molecule has 2 amide bonds. The average molecular weight is 425 g/mol. The van der Waals surface area contributed by atoms with Gasteiger partial charge in [-0.2, -0.15) is 0 Å². The summed E-state index contributed by atoms with van der Waals surface area (Å²) in [6.45, 7) is 6.05. The number of anilines is 1. The summed E-state index contributed by atoms with van der Waals surface area (Å²) in [6.07, 6.45) is 2.88. The van der Waals surface area contributed by atoms with Crippen LogP contribution in [0.5, 0.6) is 0 Å². The first-order chi connectivity index (χ1) is 13.8. The fourth-order valence-electron chi connectivity index (χ4n) is 2.93. The maximum Gasteiger partial charge on any atom is 0.248 e. The van der Waals surface area contributed by atoms with E-state index in [1.165, 1.54) is 11.3 Å². The van der Waals surface area contributed by atoms with E-state index in [1.54, 1.807) is 0 Å². The molecule has 1 aromatic carbocycles. The van der Waals surface area contributed by atoms with Crippen LogP contribution in [0.4, 0.5) is 13.9 Å². The minimum atomic E-state index is -0.772. The van der Waals surface area contributed by atoms with Gasteiger partial charge in [0.15, 0.2) is 0 Å². The molecule has 1 heterocycles. The number of nitrogens with zero attached hydrogens (tertiary/aromatic N) is 2. The topological polar surface area (TPSA) is 84.0 Å². The molecule has 0 saturated carbocycles. The fourth-order valence-corrected chi connectivity index (χ4v) is 3.77. The van der Waals surface area contributed by atoms with Gasteiger partial charge in [0.05, 0.1) is 6.42 Å². The number of halogens is 2. The minimum absolute atomic E-state index is 0.203. The van der Waals surface area contributed by atoms with E-state index in [4.69, 9.17) is 0 Å². The van der Waals surface area contributed by atoms with Crippen molar-refractivity contribution in [2.24, 2.45) is 0 Å². The molecule has 0 aliphatic heterocycles. The molecule has 0 aliphatic rings. The molecule has 2 atom stereocenters. The highest BCUT2D eigenvalue weighted by Gasteiger charge is 2.22. The molecular weight excluding hydrogens is 398 g/mol. The van der Waals surface area contributed by atoms with Crippen LogP contribution in [0.15, 0.2) is 18.2 Å². The average Bonchev–Trinajstić information content (AvgIpc) is 3.09. The number of amides is 2. The molecule has 0 radical (unpaired) electrons. The van der Waals surface area contributed by atoms with E-state index in [0.717, 1.165) is 36.0 Å². The van der Waals surface area contributed by atoms with Gasteiger partial charge in [0.25, 0.3) is 0 Å². The molecule has 2 aromatic rings. The second-order valence-corrected chi connectivity index (χ2v) is 8.00. The van der Waals surface area contributed by atoms with E-state index in [0.29, 0.717) is 18.0 Å². The number of benzene rings is 1. The van der Waals surface area contributed by atoms with Gasteiger partial charge in [-0.15, -0.1) is 10.2 Å². The number of hydrogen-bond donors (Lipinski definition) is 2. The van der Waals surface area contributed by atoms with Crippen LogP contribution < -0.4 is 10.6 Å².